The van der Waals surface area contributed by atoms with Crippen LogP contribution in [0, 0.1) is 0 Å². The van der Waals surface area contributed by atoms with E-state index in [2.05, 4.69) is 22.2 Å². The van der Waals surface area contributed by atoms with Gasteiger partial charge in [0.2, 0.25) is 0 Å². The first-order valence-corrected chi connectivity index (χ1v) is 5.01. The zero-order valence-electron chi connectivity index (χ0n) is 8.50. The van der Waals surface area contributed by atoms with Crippen LogP contribution in [0.5, 0.6) is 0 Å². The van der Waals surface area contributed by atoms with Gasteiger partial charge in [-0.1, -0.05) is 30.3 Å². The Hall–Kier alpha value is -1.68. The van der Waals surface area contributed by atoms with Crippen LogP contribution in [-0.4, -0.2) is 14.8 Å². The van der Waals surface area contributed by atoms with Crippen molar-refractivity contribution in [1.29, 1.82) is 0 Å². The van der Waals surface area contributed by atoms with Gasteiger partial charge in [0.1, 0.15) is 12.2 Å². The summed E-state index contributed by atoms with van der Waals surface area (Å²) < 4.78 is 1.85. The standard InChI is InChI=1S/C11H14N4/c12-8-11-13-9-14-15(11)7-6-10-4-2-1-3-5-10/h1-5,9H,6-8,12H2. The predicted octanol–water partition coefficient (Wildman–Crippen LogP) is 0.979. The van der Waals surface area contributed by atoms with Crippen molar-refractivity contribution < 1.29 is 0 Å². The second-order valence-corrected chi connectivity index (χ2v) is 3.34. The molecule has 0 aliphatic carbocycles. The molecule has 4 nitrogen and oxygen atoms in total. The first-order chi connectivity index (χ1) is 7.40. The Morgan fingerprint density at radius 2 is 2.00 bits per heavy atom. The number of hydrogen-bond donors (Lipinski definition) is 1. The Morgan fingerprint density at radius 3 is 2.73 bits per heavy atom. The highest BCUT2D eigenvalue weighted by Crippen LogP contribution is 2.02. The highest BCUT2D eigenvalue weighted by Gasteiger charge is 2.01. The number of hydrogen-bond acceptors (Lipinski definition) is 3. The van der Waals surface area contributed by atoms with E-state index >= 15 is 0 Å². The lowest BCUT2D eigenvalue weighted by Crippen LogP contribution is -2.11. The number of nitrogens with zero attached hydrogens (tertiary/aromatic N) is 3. The summed E-state index contributed by atoms with van der Waals surface area (Å²) in [5.41, 5.74) is 6.84. The summed E-state index contributed by atoms with van der Waals surface area (Å²) in [6.07, 6.45) is 2.50. The van der Waals surface area contributed by atoms with Gasteiger partial charge in [-0.05, 0) is 12.0 Å². The van der Waals surface area contributed by atoms with Crippen molar-refractivity contribution in [3.63, 3.8) is 0 Å². The monoisotopic (exact) mass is 202 g/mol. The molecule has 0 unspecified atom stereocenters. The first kappa shape index (κ1) is 9.86. The predicted molar refractivity (Wildman–Crippen MR) is 58.1 cm³/mol. The summed E-state index contributed by atoms with van der Waals surface area (Å²) in [6, 6.07) is 10.3. The molecule has 1 heterocycles. The van der Waals surface area contributed by atoms with E-state index in [-0.39, 0.29) is 0 Å². The van der Waals surface area contributed by atoms with Crippen LogP contribution < -0.4 is 5.73 Å². The van der Waals surface area contributed by atoms with Crippen LogP contribution in [0.15, 0.2) is 36.7 Å². The van der Waals surface area contributed by atoms with E-state index < -0.39 is 0 Å². The zero-order chi connectivity index (χ0) is 10.5. The van der Waals surface area contributed by atoms with E-state index in [1.807, 2.05) is 22.9 Å². The van der Waals surface area contributed by atoms with Crippen molar-refractivity contribution in [2.24, 2.45) is 5.73 Å². The molecule has 0 fully saturated rings. The highest BCUT2D eigenvalue weighted by atomic mass is 15.3. The molecule has 1 aromatic heterocycles. The van der Waals surface area contributed by atoms with Crippen molar-refractivity contribution in [3.8, 4) is 0 Å². The minimum atomic E-state index is 0.439. The van der Waals surface area contributed by atoms with Crippen molar-refractivity contribution in [2.45, 2.75) is 19.5 Å². The molecule has 2 rings (SSSR count). The maximum absolute atomic E-state index is 5.54. The molecule has 1 aromatic carbocycles. The molecule has 0 amide bonds. The van der Waals surface area contributed by atoms with Crippen molar-refractivity contribution in [2.75, 3.05) is 0 Å². The Kier molecular flexibility index (Phi) is 3.09. The molecular weight excluding hydrogens is 188 g/mol. The third-order valence-electron chi connectivity index (χ3n) is 2.33. The molecule has 0 aliphatic heterocycles. The van der Waals surface area contributed by atoms with Crippen molar-refractivity contribution >= 4 is 0 Å². The minimum absolute atomic E-state index is 0.439. The summed E-state index contributed by atoms with van der Waals surface area (Å²) in [4.78, 5) is 4.07. The maximum atomic E-state index is 5.54. The Balaban J connectivity index is 1.99. The number of aryl methyl sites for hydroxylation is 2. The Labute approximate surface area is 88.8 Å². The lowest BCUT2D eigenvalue weighted by molar-refractivity contribution is 0.580. The van der Waals surface area contributed by atoms with Gasteiger partial charge in [-0.25, -0.2) is 9.67 Å². The molecule has 2 N–H and O–H groups in total. The fourth-order valence-electron chi connectivity index (χ4n) is 1.51. The molecule has 4 heteroatoms. The number of benzene rings is 1. The smallest absolute Gasteiger partial charge is 0.140 e. The third-order valence-corrected chi connectivity index (χ3v) is 2.33. The summed E-state index contributed by atoms with van der Waals surface area (Å²) in [7, 11) is 0. The van der Waals surface area contributed by atoms with Crippen LogP contribution in [0.1, 0.15) is 11.4 Å². The van der Waals surface area contributed by atoms with Gasteiger partial charge in [0, 0.05) is 6.54 Å². The molecule has 0 bridgehead atoms. The molecule has 78 valence electrons. The molecule has 0 aliphatic rings. The van der Waals surface area contributed by atoms with E-state index in [9.17, 15) is 0 Å². The largest absolute Gasteiger partial charge is 0.324 e. The Bertz CT molecular complexity index is 408. The second kappa shape index (κ2) is 4.70. The third kappa shape index (κ3) is 2.41. The van der Waals surface area contributed by atoms with Gasteiger partial charge < -0.3 is 5.73 Å². The van der Waals surface area contributed by atoms with Gasteiger partial charge in [-0.15, -0.1) is 0 Å². The number of aromatic nitrogens is 3. The van der Waals surface area contributed by atoms with Crippen LogP contribution in [0.2, 0.25) is 0 Å². The molecule has 0 saturated carbocycles. The van der Waals surface area contributed by atoms with E-state index in [1.165, 1.54) is 5.56 Å². The van der Waals surface area contributed by atoms with E-state index in [4.69, 9.17) is 5.73 Å². The SMILES string of the molecule is NCc1ncnn1CCc1ccccc1. The molecule has 0 radical (unpaired) electrons. The summed E-state index contributed by atoms with van der Waals surface area (Å²) in [6.45, 7) is 1.27. The van der Waals surface area contributed by atoms with E-state index in [0.717, 1.165) is 18.8 Å². The lowest BCUT2D eigenvalue weighted by Gasteiger charge is -2.04. The number of rotatable bonds is 4. The van der Waals surface area contributed by atoms with E-state index in [0.29, 0.717) is 6.54 Å². The first-order valence-electron chi connectivity index (χ1n) is 5.01. The van der Waals surface area contributed by atoms with Gasteiger partial charge in [0.15, 0.2) is 0 Å². The fraction of sp³-hybridized carbons (Fsp3) is 0.273. The van der Waals surface area contributed by atoms with Gasteiger partial charge in [0.05, 0.1) is 6.54 Å². The zero-order valence-corrected chi connectivity index (χ0v) is 8.50. The average molecular weight is 202 g/mol. The topological polar surface area (TPSA) is 56.7 Å². The fourth-order valence-corrected chi connectivity index (χ4v) is 1.51. The van der Waals surface area contributed by atoms with Crippen molar-refractivity contribution in [1.82, 2.24) is 14.8 Å². The van der Waals surface area contributed by atoms with Gasteiger partial charge in [-0.2, -0.15) is 5.10 Å². The van der Waals surface area contributed by atoms with Gasteiger partial charge in [0.25, 0.3) is 0 Å². The van der Waals surface area contributed by atoms with E-state index in [1.54, 1.807) is 6.33 Å². The summed E-state index contributed by atoms with van der Waals surface area (Å²) >= 11 is 0. The summed E-state index contributed by atoms with van der Waals surface area (Å²) in [5.74, 6) is 0.839. The molecule has 2 aromatic rings. The average Bonchev–Trinajstić information content (AvgIpc) is 2.75. The van der Waals surface area contributed by atoms with Crippen LogP contribution >= 0.6 is 0 Å². The lowest BCUT2D eigenvalue weighted by atomic mass is 10.1. The molecule has 0 spiro atoms. The van der Waals surface area contributed by atoms with Gasteiger partial charge in [-0.3, -0.25) is 0 Å². The quantitative estimate of drug-likeness (QED) is 0.804. The van der Waals surface area contributed by atoms with Gasteiger partial charge >= 0.3 is 0 Å². The minimum Gasteiger partial charge on any atom is -0.324 e. The van der Waals surface area contributed by atoms with Crippen LogP contribution in [0.3, 0.4) is 0 Å². The maximum Gasteiger partial charge on any atom is 0.140 e. The van der Waals surface area contributed by atoms with Crippen LogP contribution in [-0.2, 0) is 19.5 Å². The number of nitrogens with two attached hydrogens (primary N) is 1. The Morgan fingerprint density at radius 1 is 1.20 bits per heavy atom. The molecule has 0 saturated heterocycles. The van der Waals surface area contributed by atoms with Crippen LogP contribution in [0.25, 0.3) is 0 Å². The molecule has 0 atom stereocenters. The molecule has 15 heavy (non-hydrogen) atoms. The normalized spacial score (nSPS) is 10.5. The van der Waals surface area contributed by atoms with Crippen molar-refractivity contribution in [3.05, 3.63) is 48.0 Å². The highest BCUT2D eigenvalue weighted by molar-refractivity contribution is 5.14. The molecular formula is C11H14N4. The van der Waals surface area contributed by atoms with Crippen LogP contribution in [0.4, 0.5) is 0 Å². The summed E-state index contributed by atoms with van der Waals surface area (Å²) in [5, 5.41) is 4.13. The second-order valence-electron chi connectivity index (χ2n) is 3.34.